The fourth-order valence-corrected chi connectivity index (χ4v) is 14.6. The third-order valence-electron chi connectivity index (χ3n) is 18.0. The average Bonchev–Trinajstić information content (AvgIpc) is 4.03. The molecule has 5 atom stereocenters. The summed E-state index contributed by atoms with van der Waals surface area (Å²) in [6.45, 7) is 2.22. The van der Waals surface area contributed by atoms with E-state index < -0.39 is 33.2 Å². The fraction of sp³-hybridized carbons (Fsp3) is 0.176. The molecule has 4 N–H and O–H groups in total. The van der Waals surface area contributed by atoms with Gasteiger partial charge in [0, 0.05) is 39.0 Å². The predicted molar refractivity (Wildman–Crippen MR) is 285 cm³/mol. The highest BCUT2D eigenvalue weighted by Gasteiger charge is 2.60. The number of allylic oxidation sites excluding steroid dienone is 6. The second-order valence-corrected chi connectivity index (χ2v) is 21.4. The lowest BCUT2D eigenvalue weighted by molar-refractivity contribution is -0.0147. The van der Waals surface area contributed by atoms with Gasteiger partial charge in [0.2, 0.25) is 0 Å². The van der Waals surface area contributed by atoms with Gasteiger partial charge in [-0.1, -0.05) is 225 Å². The number of rotatable bonds is 7. The third kappa shape index (κ3) is 5.50. The van der Waals surface area contributed by atoms with E-state index in [0.29, 0.717) is 36.8 Å². The van der Waals surface area contributed by atoms with E-state index in [4.69, 9.17) is 0 Å². The van der Waals surface area contributed by atoms with Crippen LogP contribution < -0.4 is 0 Å². The minimum atomic E-state index is -1.56. The van der Waals surface area contributed by atoms with Gasteiger partial charge in [0.15, 0.2) is 0 Å². The summed E-state index contributed by atoms with van der Waals surface area (Å²) >= 11 is 0. The summed E-state index contributed by atoms with van der Waals surface area (Å²) in [5.41, 5.74) is 8.93. The van der Waals surface area contributed by atoms with Crippen molar-refractivity contribution in [1.82, 2.24) is 0 Å². The first-order valence-electron chi connectivity index (χ1n) is 25.5. The highest BCUT2D eigenvalue weighted by molar-refractivity contribution is 5.84. The molecule has 0 heterocycles. The molecule has 8 aromatic carbocycles. The van der Waals surface area contributed by atoms with Gasteiger partial charge in [-0.25, -0.2) is 0 Å². The van der Waals surface area contributed by atoms with Gasteiger partial charge >= 0.3 is 0 Å². The molecule has 6 aliphatic carbocycles. The maximum absolute atomic E-state index is 14.2. The van der Waals surface area contributed by atoms with Crippen LogP contribution in [-0.4, -0.2) is 20.4 Å². The topological polar surface area (TPSA) is 80.9 Å². The molecule has 14 rings (SSSR count). The van der Waals surface area contributed by atoms with Crippen molar-refractivity contribution >= 4 is 0 Å². The van der Waals surface area contributed by atoms with E-state index in [1.54, 1.807) is 0 Å². The summed E-state index contributed by atoms with van der Waals surface area (Å²) in [4.78, 5) is 0. The molecule has 6 aliphatic rings. The number of hydrogen-bond donors (Lipinski definition) is 4. The van der Waals surface area contributed by atoms with Crippen LogP contribution in [0.3, 0.4) is 0 Å². The normalized spacial score (nSPS) is 25.7. The van der Waals surface area contributed by atoms with E-state index in [0.717, 1.165) is 89.0 Å². The van der Waals surface area contributed by atoms with Crippen LogP contribution in [0.5, 0.6) is 0 Å². The number of benzene rings is 8. The molecule has 0 saturated heterocycles. The zero-order valence-electron chi connectivity index (χ0n) is 40.1. The van der Waals surface area contributed by atoms with Gasteiger partial charge in [-0.2, -0.15) is 0 Å². The Morgan fingerprint density at radius 1 is 0.431 bits per heavy atom. The van der Waals surface area contributed by atoms with Crippen molar-refractivity contribution in [3.05, 3.63) is 308 Å². The third-order valence-corrected chi connectivity index (χ3v) is 18.0. The van der Waals surface area contributed by atoms with Gasteiger partial charge in [0.05, 0.1) is 0 Å². The molecule has 0 saturated carbocycles. The van der Waals surface area contributed by atoms with Crippen molar-refractivity contribution in [2.75, 3.05) is 0 Å². The molecular weight excluding hydrogens is 881 g/mol. The first-order chi connectivity index (χ1) is 35.0. The van der Waals surface area contributed by atoms with Gasteiger partial charge in [-0.15, -0.1) is 0 Å². The second kappa shape index (κ2) is 15.3. The minimum absolute atomic E-state index is 0.282. The molecule has 0 aliphatic heterocycles. The smallest absolute Gasteiger partial charge is 0.142 e. The van der Waals surface area contributed by atoms with Crippen LogP contribution in [0.2, 0.25) is 0 Å². The first kappa shape index (κ1) is 43.4. The Hall–Kier alpha value is -7.44. The van der Waals surface area contributed by atoms with Gasteiger partial charge in [0.1, 0.15) is 22.4 Å². The van der Waals surface area contributed by atoms with E-state index in [1.165, 1.54) is 0 Å². The quantitative estimate of drug-likeness (QED) is 0.128. The number of hydrogen-bond acceptors (Lipinski definition) is 4. The minimum Gasteiger partial charge on any atom is -0.380 e. The van der Waals surface area contributed by atoms with Crippen LogP contribution in [0.4, 0.5) is 0 Å². The van der Waals surface area contributed by atoms with E-state index in [-0.39, 0.29) is 5.92 Å². The fourth-order valence-electron chi connectivity index (χ4n) is 14.6. The van der Waals surface area contributed by atoms with E-state index in [9.17, 15) is 20.4 Å². The van der Waals surface area contributed by atoms with Gasteiger partial charge in [0.25, 0.3) is 0 Å². The number of aliphatic hydroxyl groups is 4. The van der Waals surface area contributed by atoms with Crippen LogP contribution in [0.25, 0.3) is 22.3 Å². The summed E-state index contributed by atoms with van der Waals surface area (Å²) in [6.07, 6.45) is 19.4. The van der Waals surface area contributed by atoms with Gasteiger partial charge in [-0.3, -0.25) is 0 Å². The molecule has 0 bridgehead atoms. The Balaban J connectivity index is 0.972. The van der Waals surface area contributed by atoms with Crippen molar-refractivity contribution in [3.8, 4) is 22.3 Å². The Kier molecular flexibility index (Phi) is 9.21. The Bertz CT molecular complexity index is 3630. The lowest BCUT2D eigenvalue weighted by Crippen LogP contribution is -2.44. The van der Waals surface area contributed by atoms with Gasteiger partial charge in [-0.05, 0) is 116 Å². The molecule has 4 nitrogen and oxygen atoms in total. The number of fused-ring (bicyclic) bond motifs is 10. The molecular formula is C68H54O4. The van der Waals surface area contributed by atoms with Crippen LogP contribution in [0, 0.1) is 11.3 Å². The van der Waals surface area contributed by atoms with Crippen molar-refractivity contribution in [1.29, 1.82) is 0 Å². The molecule has 5 unspecified atom stereocenters. The zero-order valence-corrected chi connectivity index (χ0v) is 40.1. The Morgan fingerprint density at radius 3 is 1.51 bits per heavy atom. The summed E-state index contributed by atoms with van der Waals surface area (Å²) in [5.74, 6) is -0.282. The molecule has 0 radical (unpaired) electrons. The monoisotopic (exact) mass is 934 g/mol. The largest absolute Gasteiger partial charge is 0.380 e. The van der Waals surface area contributed by atoms with Crippen molar-refractivity contribution < 1.29 is 20.4 Å². The summed E-state index contributed by atoms with van der Waals surface area (Å²) in [6, 6.07) is 61.7. The summed E-state index contributed by atoms with van der Waals surface area (Å²) in [7, 11) is 0. The van der Waals surface area contributed by atoms with Gasteiger partial charge < -0.3 is 20.4 Å². The summed E-state index contributed by atoms with van der Waals surface area (Å²) in [5, 5.41) is 54.9. The first-order valence-corrected chi connectivity index (χ1v) is 25.5. The molecule has 350 valence electrons. The Morgan fingerprint density at radius 2 is 0.917 bits per heavy atom. The molecule has 0 aromatic heterocycles. The molecule has 4 heteroatoms. The average molecular weight is 935 g/mol. The van der Waals surface area contributed by atoms with Crippen molar-refractivity contribution in [2.45, 2.75) is 60.4 Å². The van der Waals surface area contributed by atoms with Crippen molar-refractivity contribution in [3.63, 3.8) is 0 Å². The van der Waals surface area contributed by atoms with E-state index in [2.05, 4.69) is 140 Å². The van der Waals surface area contributed by atoms with Crippen LogP contribution in [-0.2, 0) is 47.1 Å². The molecule has 0 fully saturated rings. The van der Waals surface area contributed by atoms with Crippen LogP contribution in [0.1, 0.15) is 91.2 Å². The highest BCUT2D eigenvalue weighted by atomic mass is 16.3. The maximum atomic E-state index is 14.2. The lowest BCUT2D eigenvalue weighted by atomic mass is 9.63. The second-order valence-electron chi connectivity index (χ2n) is 21.4. The molecule has 8 aromatic rings. The predicted octanol–water partition coefficient (Wildman–Crippen LogP) is 12.5. The standard InChI is InChI=1S/C68H54O4/c1-63-38-18-15-31-62(63)66(70,59-30-14-13-29-58(59)63)48-37-35-45(61(42-48)68(72)53-24-8-3-19-46(53)43-64(68)39-16-2-17-40-64)33-32-44-34-36-47(65(69)54-25-9-4-20-49(54)50-21-5-10-26-55(50)65)41-60(44)67(71)56-27-11-6-22-51(56)52-23-7-12-28-57(52)67/h2-31,34-39,41-42,62,69-72H,32-33,40,43H2,1H3. The molecule has 72 heavy (non-hydrogen) atoms. The van der Waals surface area contributed by atoms with Crippen LogP contribution >= 0.6 is 0 Å². The molecule has 1 spiro atoms. The van der Waals surface area contributed by atoms with E-state index in [1.807, 2.05) is 97.1 Å². The number of aryl methyl sites for hydroxylation is 2. The maximum Gasteiger partial charge on any atom is 0.142 e. The zero-order chi connectivity index (χ0) is 48.7. The SMILES string of the molecule is CC12C=CC=CC1C(O)(c1ccc(CCc3ccc(C4(O)c5ccccc5-c5ccccc54)cc3C3(O)c4ccccc4-c4ccccc43)c(C3(O)c4ccccc4CC34C=CC=CC4)c1)c1ccccc12. The summed E-state index contributed by atoms with van der Waals surface area (Å²) < 4.78 is 0. The van der Waals surface area contributed by atoms with Crippen LogP contribution in [0.15, 0.2) is 231 Å². The lowest BCUT2D eigenvalue weighted by Gasteiger charge is -2.44. The Labute approximate surface area is 421 Å². The highest BCUT2D eigenvalue weighted by Crippen LogP contribution is 2.62. The molecule has 0 amide bonds. The van der Waals surface area contributed by atoms with Crippen molar-refractivity contribution in [2.24, 2.45) is 11.3 Å². The van der Waals surface area contributed by atoms with E-state index >= 15 is 0 Å².